The first kappa shape index (κ1) is 19.2. The molecule has 0 saturated heterocycles. The smallest absolute Gasteiger partial charge is 0.267 e. The van der Waals surface area contributed by atoms with Crippen molar-refractivity contribution < 1.29 is 4.74 Å². The summed E-state index contributed by atoms with van der Waals surface area (Å²) in [7, 11) is 0. The Labute approximate surface area is 174 Å². The summed E-state index contributed by atoms with van der Waals surface area (Å²) in [6.45, 7) is 5.14. The fourth-order valence-corrected chi connectivity index (χ4v) is 8.21. The SMILES string of the molecule is C[C@@]12CCC[C@H]1[C@@H]1CCC3CCC(Oc4ccn(C#N)c(=O)c4)C[C@]3(C)[C@@H]1CC2. The number of rotatable bonds is 2. The maximum Gasteiger partial charge on any atom is 0.267 e. The molecule has 0 bridgehead atoms. The molecule has 4 nitrogen and oxygen atoms in total. The summed E-state index contributed by atoms with van der Waals surface area (Å²) in [5.74, 6) is 4.15. The van der Waals surface area contributed by atoms with Gasteiger partial charge in [0.05, 0.1) is 6.10 Å². The van der Waals surface area contributed by atoms with Gasteiger partial charge in [0, 0.05) is 12.3 Å². The highest BCUT2D eigenvalue weighted by atomic mass is 16.5. The molecule has 0 aliphatic heterocycles. The van der Waals surface area contributed by atoms with Gasteiger partial charge in [-0.05, 0) is 98.4 Å². The zero-order chi connectivity index (χ0) is 20.2. The number of fused-ring (bicyclic) bond motifs is 5. The summed E-state index contributed by atoms with van der Waals surface area (Å²) in [5, 5.41) is 8.96. The lowest BCUT2D eigenvalue weighted by Crippen LogP contribution is -2.54. The molecule has 5 rings (SSSR count). The van der Waals surface area contributed by atoms with Crippen LogP contribution < -0.4 is 10.3 Å². The molecule has 7 atom stereocenters. The number of hydrogen-bond acceptors (Lipinski definition) is 3. The summed E-state index contributed by atoms with van der Waals surface area (Å²) in [6.07, 6.45) is 17.0. The van der Waals surface area contributed by atoms with Crippen LogP contribution in [0.3, 0.4) is 0 Å². The summed E-state index contributed by atoms with van der Waals surface area (Å²) in [6, 6.07) is 3.22. The average molecular weight is 395 g/mol. The third-order valence-corrected chi connectivity index (χ3v) is 9.65. The Morgan fingerprint density at radius 2 is 1.93 bits per heavy atom. The third-order valence-electron chi connectivity index (χ3n) is 9.65. The predicted octanol–water partition coefficient (Wildman–Crippen LogP) is 5.36. The van der Waals surface area contributed by atoms with Crippen molar-refractivity contribution in [2.75, 3.05) is 0 Å². The van der Waals surface area contributed by atoms with Crippen molar-refractivity contribution in [2.45, 2.75) is 84.2 Å². The third kappa shape index (κ3) is 3.04. The lowest BCUT2D eigenvalue weighted by atomic mass is 9.45. The number of nitriles is 1. The molecule has 4 aliphatic carbocycles. The van der Waals surface area contributed by atoms with E-state index in [1.807, 2.05) is 6.19 Å². The van der Waals surface area contributed by atoms with Gasteiger partial charge in [0.15, 0.2) is 6.19 Å². The maximum absolute atomic E-state index is 12.0. The van der Waals surface area contributed by atoms with E-state index in [4.69, 9.17) is 10.00 Å². The van der Waals surface area contributed by atoms with E-state index in [1.54, 1.807) is 6.07 Å². The van der Waals surface area contributed by atoms with Crippen LogP contribution in [0.5, 0.6) is 5.75 Å². The summed E-state index contributed by atoms with van der Waals surface area (Å²) in [4.78, 5) is 12.0. The van der Waals surface area contributed by atoms with E-state index in [2.05, 4.69) is 13.8 Å². The Bertz CT molecular complexity index is 886. The quantitative estimate of drug-likeness (QED) is 0.679. The van der Waals surface area contributed by atoms with Crippen LogP contribution >= 0.6 is 0 Å². The van der Waals surface area contributed by atoms with Crippen LogP contribution in [0.15, 0.2) is 23.1 Å². The summed E-state index contributed by atoms with van der Waals surface area (Å²) in [5.41, 5.74) is 0.673. The van der Waals surface area contributed by atoms with E-state index in [0.717, 1.165) is 41.1 Å². The average Bonchev–Trinajstić information content (AvgIpc) is 3.09. The zero-order valence-corrected chi connectivity index (χ0v) is 17.9. The normalized spacial score (nSPS) is 43.6. The highest BCUT2D eigenvalue weighted by Gasteiger charge is 2.58. The predicted molar refractivity (Wildman–Crippen MR) is 112 cm³/mol. The Morgan fingerprint density at radius 1 is 1.10 bits per heavy atom. The minimum absolute atomic E-state index is 0.184. The molecule has 29 heavy (non-hydrogen) atoms. The van der Waals surface area contributed by atoms with Crippen LogP contribution in [-0.4, -0.2) is 10.7 Å². The van der Waals surface area contributed by atoms with Crippen molar-refractivity contribution in [1.82, 2.24) is 4.57 Å². The largest absolute Gasteiger partial charge is 0.490 e. The molecule has 1 aromatic heterocycles. The number of nitrogens with zero attached hydrogens (tertiary/aromatic N) is 2. The molecular formula is C25H34N2O2. The van der Waals surface area contributed by atoms with Gasteiger partial charge in [0.2, 0.25) is 0 Å². The van der Waals surface area contributed by atoms with Crippen molar-refractivity contribution in [1.29, 1.82) is 5.26 Å². The van der Waals surface area contributed by atoms with Gasteiger partial charge >= 0.3 is 0 Å². The number of ether oxygens (including phenoxy) is 1. The highest BCUT2D eigenvalue weighted by Crippen LogP contribution is 2.66. The number of aromatic nitrogens is 1. The standard InChI is InChI=1S/C25H34N2O2/c1-24-11-3-4-21(24)20-8-6-17-5-7-19(15-25(17,2)22(20)9-12-24)29-18-10-13-27(16-26)23(28)14-18/h10,13-14,17,19-22H,3-9,11-12,15H2,1-2H3/t17?,19?,20-,21-,22+,24-,25-/m0/s1. The van der Waals surface area contributed by atoms with Crippen LogP contribution in [0.2, 0.25) is 0 Å². The molecule has 4 fully saturated rings. The summed E-state index contributed by atoms with van der Waals surface area (Å²) >= 11 is 0. The molecule has 0 spiro atoms. The van der Waals surface area contributed by atoms with E-state index in [-0.39, 0.29) is 11.7 Å². The van der Waals surface area contributed by atoms with E-state index in [0.29, 0.717) is 16.6 Å². The fourth-order valence-electron chi connectivity index (χ4n) is 8.21. The molecule has 1 heterocycles. The highest BCUT2D eigenvalue weighted by molar-refractivity contribution is 5.20. The first-order valence-corrected chi connectivity index (χ1v) is 11.7. The second-order valence-corrected chi connectivity index (χ2v) is 10.9. The van der Waals surface area contributed by atoms with E-state index in [1.165, 1.54) is 63.6 Å². The second kappa shape index (κ2) is 6.89. The first-order chi connectivity index (χ1) is 13.9. The van der Waals surface area contributed by atoms with E-state index >= 15 is 0 Å². The van der Waals surface area contributed by atoms with Crippen molar-refractivity contribution in [3.63, 3.8) is 0 Å². The van der Waals surface area contributed by atoms with Gasteiger partial charge in [-0.1, -0.05) is 20.3 Å². The van der Waals surface area contributed by atoms with Crippen LogP contribution in [0.25, 0.3) is 0 Å². The van der Waals surface area contributed by atoms with Crippen LogP contribution in [-0.2, 0) is 0 Å². The summed E-state index contributed by atoms with van der Waals surface area (Å²) < 4.78 is 7.35. The Balaban J connectivity index is 1.35. The molecule has 0 aromatic carbocycles. The minimum atomic E-state index is -0.310. The maximum atomic E-state index is 12.0. The Kier molecular flexibility index (Phi) is 4.57. The number of hydrogen-bond donors (Lipinski definition) is 0. The lowest BCUT2D eigenvalue weighted by molar-refractivity contribution is -0.121. The fraction of sp³-hybridized carbons (Fsp3) is 0.760. The van der Waals surface area contributed by atoms with Gasteiger partial charge in [-0.2, -0.15) is 5.26 Å². The van der Waals surface area contributed by atoms with Gasteiger partial charge < -0.3 is 4.74 Å². The molecule has 156 valence electrons. The monoisotopic (exact) mass is 394 g/mol. The van der Waals surface area contributed by atoms with Crippen LogP contribution in [0.4, 0.5) is 0 Å². The molecule has 0 N–H and O–H groups in total. The van der Waals surface area contributed by atoms with Crippen molar-refractivity contribution in [3.8, 4) is 11.9 Å². The molecule has 4 aliphatic rings. The molecule has 0 radical (unpaired) electrons. The second-order valence-electron chi connectivity index (χ2n) is 10.9. The molecule has 0 amide bonds. The number of pyridine rings is 1. The molecule has 4 heteroatoms. The van der Waals surface area contributed by atoms with E-state index < -0.39 is 0 Å². The molecule has 4 saturated carbocycles. The lowest BCUT2D eigenvalue weighted by Gasteiger charge is -2.60. The van der Waals surface area contributed by atoms with Gasteiger partial charge in [-0.25, -0.2) is 4.57 Å². The molecule has 1 aromatic rings. The van der Waals surface area contributed by atoms with Crippen molar-refractivity contribution >= 4 is 0 Å². The molecule has 2 unspecified atom stereocenters. The minimum Gasteiger partial charge on any atom is -0.490 e. The Morgan fingerprint density at radius 3 is 2.72 bits per heavy atom. The van der Waals surface area contributed by atoms with Gasteiger partial charge in [0.25, 0.3) is 5.56 Å². The zero-order valence-electron chi connectivity index (χ0n) is 17.9. The van der Waals surface area contributed by atoms with Crippen LogP contribution in [0.1, 0.15) is 78.1 Å². The van der Waals surface area contributed by atoms with Gasteiger partial charge in [-0.15, -0.1) is 0 Å². The van der Waals surface area contributed by atoms with Crippen LogP contribution in [0, 0.1) is 46.0 Å². The van der Waals surface area contributed by atoms with Gasteiger partial charge in [-0.3, -0.25) is 4.79 Å². The van der Waals surface area contributed by atoms with Crippen molar-refractivity contribution in [2.24, 2.45) is 34.5 Å². The first-order valence-electron chi connectivity index (χ1n) is 11.7. The van der Waals surface area contributed by atoms with Gasteiger partial charge in [0.1, 0.15) is 5.75 Å². The Hall–Kier alpha value is -1.76. The molecular weight excluding hydrogens is 360 g/mol. The van der Waals surface area contributed by atoms with E-state index in [9.17, 15) is 4.79 Å². The van der Waals surface area contributed by atoms with Crippen molar-refractivity contribution in [3.05, 3.63) is 28.7 Å². The topological polar surface area (TPSA) is 55.0 Å².